The van der Waals surface area contributed by atoms with Crippen LogP contribution in [0.5, 0.6) is 0 Å². The van der Waals surface area contributed by atoms with Gasteiger partial charge in [0.15, 0.2) is 0 Å². The lowest BCUT2D eigenvalue weighted by Crippen LogP contribution is -2.35. The number of nitrogens with one attached hydrogen (secondary N) is 1. The maximum absolute atomic E-state index is 13.9. The molecule has 0 atom stereocenters. The van der Waals surface area contributed by atoms with E-state index in [0.717, 1.165) is 4.47 Å². The molecule has 134 valence electrons. The fourth-order valence-corrected chi connectivity index (χ4v) is 3.12. The molecule has 0 unspecified atom stereocenters. The summed E-state index contributed by atoms with van der Waals surface area (Å²) in [5.74, 6) is -0.857. The molecule has 0 radical (unpaired) electrons. The average Bonchev–Trinajstić information content (AvgIpc) is 3.22. The Balaban J connectivity index is 1.64. The highest BCUT2D eigenvalue weighted by atomic mass is 79.9. The molecule has 1 saturated heterocycles. The number of rotatable bonds is 3. The predicted molar refractivity (Wildman–Crippen MR) is 102 cm³/mol. The van der Waals surface area contributed by atoms with E-state index >= 15 is 0 Å². The summed E-state index contributed by atoms with van der Waals surface area (Å²) in [6, 6.07) is 16.4. The quantitative estimate of drug-likeness (QED) is 0.501. The number of furan rings is 1. The van der Waals surface area contributed by atoms with Crippen molar-refractivity contribution in [1.82, 2.24) is 5.43 Å². The monoisotopic (exact) mass is 426 g/mol. The predicted octanol–water partition coefficient (Wildman–Crippen LogP) is 4.31. The maximum atomic E-state index is 13.9. The number of nitrogens with zero attached hydrogens (tertiary/aromatic N) is 1. The van der Waals surface area contributed by atoms with Gasteiger partial charge in [-0.1, -0.05) is 34.1 Å². The van der Waals surface area contributed by atoms with Gasteiger partial charge in [-0.05, 0) is 48.5 Å². The van der Waals surface area contributed by atoms with Crippen molar-refractivity contribution in [3.05, 3.63) is 82.3 Å². The van der Waals surface area contributed by atoms with Crippen LogP contribution in [0.4, 0.5) is 10.1 Å². The van der Waals surface area contributed by atoms with E-state index in [0.29, 0.717) is 17.0 Å². The minimum Gasteiger partial charge on any atom is -0.457 e. The molecule has 2 aromatic carbocycles. The molecule has 2 amide bonds. The summed E-state index contributed by atoms with van der Waals surface area (Å²) in [6.07, 6.45) is 1.35. The Labute approximate surface area is 162 Å². The molecule has 0 aliphatic carbocycles. The molecular weight excluding hydrogens is 415 g/mol. The van der Waals surface area contributed by atoms with Crippen molar-refractivity contribution in [3.8, 4) is 11.3 Å². The van der Waals surface area contributed by atoms with Crippen molar-refractivity contribution in [2.45, 2.75) is 0 Å². The first kappa shape index (κ1) is 17.2. The number of hydrazine groups is 1. The summed E-state index contributed by atoms with van der Waals surface area (Å²) in [4.78, 5) is 24.9. The topological polar surface area (TPSA) is 62.6 Å². The third-order valence-corrected chi connectivity index (χ3v) is 4.50. The van der Waals surface area contributed by atoms with Crippen LogP contribution in [-0.4, -0.2) is 11.8 Å². The van der Waals surface area contributed by atoms with Crippen LogP contribution in [0.3, 0.4) is 0 Å². The molecular formula is C20H12BrFN2O3. The lowest BCUT2D eigenvalue weighted by molar-refractivity contribution is -0.117. The van der Waals surface area contributed by atoms with Crippen molar-refractivity contribution < 1.29 is 18.4 Å². The molecule has 0 bridgehead atoms. The molecule has 7 heteroatoms. The first-order valence-electron chi connectivity index (χ1n) is 8.00. The largest absolute Gasteiger partial charge is 0.457 e. The number of anilines is 1. The van der Waals surface area contributed by atoms with Crippen molar-refractivity contribution in [1.29, 1.82) is 0 Å². The average molecular weight is 427 g/mol. The van der Waals surface area contributed by atoms with Crippen molar-refractivity contribution in [2.75, 3.05) is 5.01 Å². The zero-order valence-electron chi connectivity index (χ0n) is 13.8. The second-order valence-electron chi connectivity index (χ2n) is 5.80. The molecule has 0 saturated carbocycles. The summed E-state index contributed by atoms with van der Waals surface area (Å²) in [5, 5.41) is 1.17. The van der Waals surface area contributed by atoms with E-state index in [9.17, 15) is 14.0 Å². The molecule has 4 rings (SSSR count). The van der Waals surface area contributed by atoms with Crippen LogP contribution in [0.2, 0.25) is 0 Å². The van der Waals surface area contributed by atoms with Gasteiger partial charge in [0.2, 0.25) is 0 Å². The van der Waals surface area contributed by atoms with Gasteiger partial charge in [0.25, 0.3) is 11.8 Å². The van der Waals surface area contributed by atoms with Crippen LogP contribution >= 0.6 is 15.9 Å². The molecule has 1 N–H and O–H groups in total. The molecule has 5 nitrogen and oxygen atoms in total. The van der Waals surface area contributed by atoms with E-state index in [2.05, 4.69) is 21.4 Å². The highest BCUT2D eigenvalue weighted by Gasteiger charge is 2.34. The number of carbonyl (C=O) groups is 2. The third kappa shape index (κ3) is 3.29. The Hall–Kier alpha value is -3.19. The summed E-state index contributed by atoms with van der Waals surface area (Å²) in [5.41, 5.74) is 3.29. The van der Waals surface area contributed by atoms with Crippen LogP contribution < -0.4 is 10.4 Å². The smallest absolute Gasteiger partial charge is 0.282 e. The first-order chi connectivity index (χ1) is 13.0. The Kier molecular flexibility index (Phi) is 4.37. The minimum atomic E-state index is -0.538. The number of hydrogen-bond donors (Lipinski definition) is 1. The van der Waals surface area contributed by atoms with E-state index in [1.165, 1.54) is 17.2 Å². The molecule has 2 heterocycles. The molecule has 3 aromatic rings. The third-order valence-electron chi connectivity index (χ3n) is 4.01. The fraction of sp³-hybridized carbons (Fsp3) is 0. The van der Waals surface area contributed by atoms with Crippen LogP contribution in [-0.2, 0) is 9.59 Å². The van der Waals surface area contributed by atoms with Gasteiger partial charge in [-0.25, -0.2) is 9.40 Å². The van der Waals surface area contributed by atoms with Gasteiger partial charge in [-0.2, -0.15) is 0 Å². The lowest BCUT2D eigenvalue weighted by atomic mass is 10.1. The van der Waals surface area contributed by atoms with Crippen molar-refractivity contribution in [3.63, 3.8) is 0 Å². The van der Waals surface area contributed by atoms with Crippen molar-refractivity contribution >= 4 is 39.5 Å². The number of benzene rings is 2. The van der Waals surface area contributed by atoms with E-state index in [1.54, 1.807) is 48.5 Å². The highest BCUT2D eigenvalue weighted by Crippen LogP contribution is 2.28. The Morgan fingerprint density at radius 2 is 1.85 bits per heavy atom. The highest BCUT2D eigenvalue weighted by molar-refractivity contribution is 9.10. The second-order valence-corrected chi connectivity index (χ2v) is 6.72. The number of carbonyl (C=O) groups excluding carboxylic acids is 2. The van der Waals surface area contributed by atoms with Gasteiger partial charge < -0.3 is 4.42 Å². The summed E-state index contributed by atoms with van der Waals surface area (Å²) >= 11 is 3.33. The standard InChI is InChI=1S/C20H12BrFN2O3/c21-12-4-3-5-13(10-12)24-20(26)16(19(25)23-24)11-14-8-9-18(27-14)15-6-1-2-7-17(15)22/h1-11H,(H,23,25)/b16-11+. The second kappa shape index (κ2) is 6.85. The molecule has 1 aromatic heterocycles. The van der Waals surface area contributed by atoms with Crippen LogP contribution in [0.15, 0.2) is 75.1 Å². The Bertz CT molecular complexity index is 1090. The zero-order valence-corrected chi connectivity index (χ0v) is 15.4. The molecule has 1 aliphatic heterocycles. The van der Waals surface area contributed by atoms with Gasteiger partial charge in [0, 0.05) is 4.47 Å². The van der Waals surface area contributed by atoms with E-state index in [-0.39, 0.29) is 11.3 Å². The fourth-order valence-electron chi connectivity index (χ4n) is 2.73. The number of amides is 2. The summed E-state index contributed by atoms with van der Waals surface area (Å²) in [6.45, 7) is 0. The van der Waals surface area contributed by atoms with Gasteiger partial charge in [-0.3, -0.25) is 15.0 Å². The van der Waals surface area contributed by atoms with Gasteiger partial charge >= 0.3 is 0 Å². The van der Waals surface area contributed by atoms with Crippen LogP contribution in [0, 0.1) is 5.82 Å². The molecule has 1 aliphatic rings. The zero-order chi connectivity index (χ0) is 19.0. The summed E-state index contributed by atoms with van der Waals surface area (Å²) in [7, 11) is 0. The first-order valence-corrected chi connectivity index (χ1v) is 8.80. The molecule has 0 spiro atoms. The van der Waals surface area contributed by atoms with E-state index in [1.807, 2.05) is 6.07 Å². The molecule has 27 heavy (non-hydrogen) atoms. The van der Waals surface area contributed by atoms with Gasteiger partial charge in [0.05, 0.1) is 11.3 Å². The van der Waals surface area contributed by atoms with Gasteiger partial charge in [-0.15, -0.1) is 0 Å². The Morgan fingerprint density at radius 1 is 1.04 bits per heavy atom. The van der Waals surface area contributed by atoms with Gasteiger partial charge in [0.1, 0.15) is 22.9 Å². The van der Waals surface area contributed by atoms with Crippen LogP contribution in [0.1, 0.15) is 5.76 Å². The lowest BCUT2D eigenvalue weighted by Gasteiger charge is -2.14. The SMILES string of the molecule is O=C1NN(c2cccc(Br)c2)C(=O)/C1=C/c1ccc(-c2ccccc2F)o1. The molecule has 1 fully saturated rings. The minimum absolute atomic E-state index is 0.0654. The number of hydrogen-bond acceptors (Lipinski definition) is 3. The maximum Gasteiger partial charge on any atom is 0.282 e. The summed E-state index contributed by atoms with van der Waals surface area (Å²) < 4.78 is 20.3. The number of halogens is 2. The normalized spacial score (nSPS) is 15.5. The van der Waals surface area contributed by atoms with Crippen molar-refractivity contribution in [2.24, 2.45) is 0 Å². The van der Waals surface area contributed by atoms with Crippen LogP contribution in [0.25, 0.3) is 17.4 Å². The Morgan fingerprint density at radius 3 is 2.63 bits per heavy atom. The van der Waals surface area contributed by atoms with E-state index in [4.69, 9.17) is 4.42 Å². The van der Waals surface area contributed by atoms with E-state index < -0.39 is 17.6 Å².